The maximum Gasteiger partial charge on any atom is 0.243 e. The number of benzene rings is 1. The van der Waals surface area contributed by atoms with Crippen molar-refractivity contribution < 1.29 is 17.9 Å². The number of sulfonamides is 1. The highest BCUT2D eigenvalue weighted by Crippen LogP contribution is 2.32. The Labute approximate surface area is 117 Å². The van der Waals surface area contributed by atoms with Crippen molar-refractivity contribution in [1.29, 1.82) is 0 Å². The van der Waals surface area contributed by atoms with Gasteiger partial charge in [-0.15, -0.1) is 0 Å². The summed E-state index contributed by atoms with van der Waals surface area (Å²) in [6.07, 6.45) is 0. The molecule has 0 bridgehead atoms. The molecule has 0 fully saturated rings. The molecule has 1 aromatic carbocycles. The van der Waals surface area contributed by atoms with Gasteiger partial charge in [-0.2, -0.15) is 4.31 Å². The van der Waals surface area contributed by atoms with Gasteiger partial charge in [-0.05, 0) is 12.1 Å². The average Bonchev–Trinajstić information content (AvgIpc) is 2.37. The van der Waals surface area contributed by atoms with Crippen LogP contribution in [0.25, 0.3) is 0 Å². The van der Waals surface area contributed by atoms with Crippen molar-refractivity contribution in [2.75, 3.05) is 26.8 Å². The molecule has 2 rings (SSSR count). The van der Waals surface area contributed by atoms with E-state index in [0.717, 1.165) is 4.31 Å². The fraction of sp³-hybridized carbons (Fsp3) is 0.364. The fourth-order valence-corrected chi connectivity index (χ4v) is 3.11. The summed E-state index contributed by atoms with van der Waals surface area (Å²) in [5.41, 5.74) is 5.36. The maximum atomic E-state index is 12.3. The first-order chi connectivity index (χ1) is 8.91. The highest BCUT2D eigenvalue weighted by molar-refractivity contribution is 7.89. The van der Waals surface area contributed by atoms with Crippen molar-refractivity contribution in [3.05, 3.63) is 18.2 Å². The van der Waals surface area contributed by atoms with Gasteiger partial charge in [-0.3, -0.25) is 0 Å². The molecule has 1 aliphatic heterocycles. The van der Waals surface area contributed by atoms with Gasteiger partial charge in [0.15, 0.2) is 11.5 Å². The Morgan fingerprint density at radius 2 is 2.00 bits per heavy atom. The summed E-state index contributed by atoms with van der Waals surface area (Å²) in [6.45, 7) is 0.853. The van der Waals surface area contributed by atoms with Gasteiger partial charge in [0, 0.05) is 13.1 Å². The summed E-state index contributed by atoms with van der Waals surface area (Å²) in [6, 6.07) is 4.49. The van der Waals surface area contributed by atoms with E-state index in [9.17, 15) is 8.42 Å². The summed E-state index contributed by atoms with van der Waals surface area (Å²) in [5.74, 6) is 0.971. The minimum Gasteiger partial charge on any atom is -0.486 e. The van der Waals surface area contributed by atoms with Crippen LogP contribution in [0.4, 0.5) is 0 Å². The number of nitrogens with two attached hydrogens (primary N) is 1. The maximum absolute atomic E-state index is 12.3. The molecule has 0 aliphatic carbocycles. The molecule has 1 aliphatic rings. The van der Waals surface area contributed by atoms with E-state index >= 15 is 0 Å². The average molecular weight is 302 g/mol. The molecule has 1 aromatic rings. The van der Waals surface area contributed by atoms with Crippen LogP contribution >= 0.6 is 12.2 Å². The van der Waals surface area contributed by atoms with E-state index in [0.29, 0.717) is 24.7 Å². The van der Waals surface area contributed by atoms with Gasteiger partial charge in [0.1, 0.15) is 13.2 Å². The molecule has 0 aromatic heterocycles. The zero-order valence-corrected chi connectivity index (χ0v) is 12.0. The quantitative estimate of drug-likeness (QED) is 0.809. The largest absolute Gasteiger partial charge is 0.486 e. The first-order valence-electron chi connectivity index (χ1n) is 5.55. The van der Waals surface area contributed by atoms with Gasteiger partial charge in [-0.25, -0.2) is 8.42 Å². The third-order valence-electron chi connectivity index (χ3n) is 2.60. The van der Waals surface area contributed by atoms with E-state index in [-0.39, 0.29) is 16.4 Å². The van der Waals surface area contributed by atoms with Crippen LogP contribution in [0.2, 0.25) is 0 Å². The minimum atomic E-state index is -3.64. The molecule has 0 radical (unpaired) electrons. The van der Waals surface area contributed by atoms with Gasteiger partial charge < -0.3 is 15.2 Å². The first-order valence-corrected chi connectivity index (χ1v) is 7.40. The summed E-state index contributed by atoms with van der Waals surface area (Å²) < 4.78 is 36.3. The molecule has 1 heterocycles. The van der Waals surface area contributed by atoms with Crippen molar-refractivity contribution in [2.45, 2.75) is 4.90 Å². The third kappa shape index (κ3) is 2.96. The van der Waals surface area contributed by atoms with E-state index in [4.69, 9.17) is 27.4 Å². The molecule has 8 heteroatoms. The van der Waals surface area contributed by atoms with Crippen molar-refractivity contribution >= 4 is 27.2 Å². The Bertz CT molecular complexity index is 601. The SMILES string of the molecule is CN(CC(N)=S)S(=O)(=O)c1ccc2c(c1)OCCO2. The van der Waals surface area contributed by atoms with E-state index in [1.807, 2.05) is 0 Å². The molecule has 0 spiro atoms. The molecule has 0 saturated carbocycles. The second kappa shape index (κ2) is 5.32. The van der Waals surface area contributed by atoms with Crippen molar-refractivity contribution in [2.24, 2.45) is 5.73 Å². The van der Waals surface area contributed by atoms with Crippen LogP contribution in [0.15, 0.2) is 23.1 Å². The number of hydrogen-bond donors (Lipinski definition) is 1. The molecule has 2 N–H and O–H groups in total. The number of likely N-dealkylation sites (N-methyl/N-ethyl adjacent to an activating group) is 1. The Morgan fingerprint density at radius 1 is 1.37 bits per heavy atom. The molecular weight excluding hydrogens is 288 g/mol. The Kier molecular flexibility index (Phi) is 3.93. The highest BCUT2D eigenvalue weighted by Gasteiger charge is 2.23. The van der Waals surface area contributed by atoms with E-state index in [1.54, 1.807) is 6.07 Å². The summed E-state index contributed by atoms with van der Waals surface area (Å²) in [7, 11) is -2.22. The first kappa shape index (κ1) is 14.0. The van der Waals surface area contributed by atoms with E-state index in [2.05, 4.69) is 0 Å². The monoisotopic (exact) mass is 302 g/mol. The summed E-state index contributed by atoms with van der Waals surface area (Å²) >= 11 is 4.71. The van der Waals surface area contributed by atoms with Gasteiger partial charge in [0.2, 0.25) is 10.0 Å². The topological polar surface area (TPSA) is 81.9 Å². The zero-order chi connectivity index (χ0) is 14.0. The van der Waals surface area contributed by atoms with Crippen LogP contribution in [0.5, 0.6) is 11.5 Å². The fourth-order valence-electron chi connectivity index (χ4n) is 1.67. The lowest BCUT2D eigenvalue weighted by Gasteiger charge is -2.20. The van der Waals surface area contributed by atoms with Crippen LogP contribution in [-0.2, 0) is 10.0 Å². The molecule has 0 atom stereocenters. The number of rotatable bonds is 4. The number of fused-ring (bicyclic) bond motifs is 1. The van der Waals surface area contributed by atoms with Gasteiger partial charge in [0.25, 0.3) is 0 Å². The van der Waals surface area contributed by atoms with Crippen LogP contribution in [0.1, 0.15) is 0 Å². The second-order valence-corrected chi connectivity index (χ2v) is 6.60. The predicted molar refractivity (Wildman–Crippen MR) is 74.0 cm³/mol. The lowest BCUT2D eigenvalue weighted by molar-refractivity contribution is 0.171. The number of ether oxygens (including phenoxy) is 2. The van der Waals surface area contributed by atoms with Crippen molar-refractivity contribution in [1.82, 2.24) is 4.31 Å². The molecule has 0 saturated heterocycles. The lowest BCUT2D eigenvalue weighted by atomic mass is 10.3. The van der Waals surface area contributed by atoms with Crippen LogP contribution in [-0.4, -0.2) is 44.5 Å². The summed E-state index contributed by atoms with van der Waals surface area (Å²) in [4.78, 5) is 0.235. The van der Waals surface area contributed by atoms with Crippen LogP contribution < -0.4 is 15.2 Å². The number of nitrogens with zero attached hydrogens (tertiary/aromatic N) is 1. The standard InChI is InChI=1S/C11H14N2O4S2/c1-13(7-11(12)18)19(14,15)8-2-3-9-10(6-8)17-5-4-16-9/h2-3,6H,4-5,7H2,1H3,(H2,12,18). The Morgan fingerprint density at radius 3 is 2.63 bits per heavy atom. The number of thiocarbonyl (C=S) groups is 1. The zero-order valence-electron chi connectivity index (χ0n) is 10.3. The molecular formula is C11H14N2O4S2. The summed E-state index contributed by atoms with van der Waals surface area (Å²) in [5, 5.41) is 0. The van der Waals surface area contributed by atoms with Crippen molar-refractivity contribution in [3.8, 4) is 11.5 Å². The molecule has 104 valence electrons. The number of hydrogen-bond acceptors (Lipinski definition) is 5. The molecule has 0 amide bonds. The van der Waals surface area contributed by atoms with E-state index in [1.165, 1.54) is 19.2 Å². The van der Waals surface area contributed by atoms with Gasteiger partial charge >= 0.3 is 0 Å². The van der Waals surface area contributed by atoms with Crippen LogP contribution in [0.3, 0.4) is 0 Å². The van der Waals surface area contributed by atoms with E-state index < -0.39 is 10.0 Å². The van der Waals surface area contributed by atoms with Crippen LogP contribution in [0, 0.1) is 0 Å². The predicted octanol–water partition coefficient (Wildman–Crippen LogP) is 0.364. The smallest absolute Gasteiger partial charge is 0.243 e. The Hall–Kier alpha value is -1.38. The molecule has 19 heavy (non-hydrogen) atoms. The van der Waals surface area contributed by atoms with Gasteiger partial charge in [0.05, 0.1) is 16.4 Å². The molecule has 6 nitrogen and oxygen atoms in total. The minimum absolute atomic E-state index is 0.00783. The second-order valence-electron chi connectivity index (χ2n) is 4.03. The lowest BCUT2D eigenvalue weighted by Crippen LogP contribution is -2.34. The third-order valence-corrected chi connectivity index (χ3v) is 4.53. The van der Waals surface area contributed by atoms with Crippen molar-refractivity contribution in [3.63, 3.8) is 0 Å². The molecule has 0 unspecified atom stereocenters. The van der Waals surface area contributed by atoms with Gasteiger partial charge in [-0.1, -0.05) is 12.2 Å². The highest BCUT2D eigenvalue weighted by atomic mass is 32.2. The normalized spacial score (nSPS) is 14.4. The Balaban J connectivity index is 2.33.